The highest BCUT2D eigenvalue weighted by Crippen LogP contribution is 2.27. The Hall–Kier alpha value is -2.53. The van der Waals surface area contributed by atoms with Gasteiger partial charge in [-0.25, -0.2) is 0 Å². The number of ether oxygens (including phenoxy) is 1. The molecule has 26 heavy (non-hydrogen) atoms. The van der Waals surface area contributed by atoms with E-state index in [0.717, 1.165) is 31.2 Å². The summed E-state index contributed by atoms with van der Waals surface area (Å²) in [7, 11) is 7.74. The van der Waals surface area contributed by atoms with Gasteiger partial charge in [0.2, 0.25) is 0 Å². The number of guanidine groups is 1. The van der Waals surface area contributed by atoms with Crippen LogP contribution in [0.4, 0.5) is 5.69 Å². The van der Waals surface area contributed by atoms with Crippen LogP contribution in [0.3, 0.4) is 0 Å². The number of likely N-dealkylation sites (N-methyl/N-ethyl adjacent to an activating group) is 1. The monoisotopic (exact) mass is 352 g/mol. The Bertz CT molecular complexity index is 755. The van der Waals surface area contributed by atoms with Gasteiger partial charge in [-0.05, 0) is 49.8 Å². The van der Waals surface area contributed by atoms with Gasteiger partial charge in [-0.3, -0.25) is 4.99 Å². The third-order valence-electron chi connectivity index (χ3n) is 4.93. The number of nitrogens with one attached hydrogen (secondary N) is 1. The van der Waals surface area contributed by atoms with Crippen molar-refractivity contribution in [3.05, 3.63) is 59.7 Å². The van der Waals surface area contributed by atoms with Gasteiger partial charge in [0, 0.05) is 25.8 Å². The first-order chi connectivity index (χ1) is 12.6. The van der Waals surface area contributed by atoms with Crippen molar-refractivity contribution < 1.29 is 4.74 Å². The summed E-state index contributed by atoms with van der Waals surface area (Å²) in [5.74, 6) is 1.80. The molecular formula is C21H28N4O. The van der Waals surface area contributed by atoms with Crippen LogP contribution in [0.1, 0.15) is 17.2 Å². The topological polar surface area (TPSA) is 40.1 Å². The summed E-state index contributed by atoms with van der Waals surface area (Å²) in [6, 6.07) is 17.1. The second-order valence-corrected chi connectivity index (χ2v) is 6.71. The van der Waals surface area contributed by atoms with Gasteiger partial charge >= 0.3 is 0 Å². The van der Waals surface area contributed by atoms with E-state index in [1.54, 1.807) is 7.11 Å². The number of rotatable bonds is 5. The molecule has 1 aliphatic heterocycles. The number of hydrogen-bond donors (Lipinski definition) is 1. The normalized spacial score (nSPS) is 15.1. The molecule has 2 aromatic carbocycles. The quantitative estimate of drug-likeness (QED) is 0.663. The fourth-order valence-corrected chi connectivity index (χ4v) is 3.47. The Kier molecular flexibility index (Phi) is 5.78. The first kappa shape index (κ1) is 18.3. The number of fused-ring (bicyclic) bond motifs is 1. The van der Waals surface area contributed by atoms with E-state index in [1.807, 2.05) is 19.2 Å². The van der Waals surface area contributed by atoms with Crippen LogP contribution in [0.15, 0.2) is 53.5 Å². The van der Waals surface area contributed by atoms with E-state index < -0.39 is 0 Å². The average Bonchev–Trinajstić information content (AvgIpc) is 3.09. The minimum absolute atomic E-state index is 0.246. The molecule has 5 heteroatoms. The van der Waals surface area contributed by atoms with Crippen molar-refractivity contribution in [3.8, 4) is 5.75 Å². The molecule has 0 bridgehead atoms. The van der Waals surface area contributed by atoms with E-state index >= 15 is 0 Å². The van der Waals surface area contributed by atoms with Gasteiger partial charge in [0.25, 0.3) is 0 Å². The molecular weight excluding hydrogens is 324 g/mol. The Balaban J connectivity index is 1.72. The van der Waals surface area contributed by atoms with E-state index in [0.29, 0.717) is 0 Å². The van der Waals surface area contributed by atoms with Crippen LogP contribution in [0, 0.1) is 0 Å². The summed E-state index contributed by atoms with van der Waals surface area (Å²) in [5.41, 5.74) is 3.89. The summed E-state index contributed by atoms with van der Waals surface area (Å²) in [4.78, 5) is 9.01. The van der Waals surface area contributed by atoms with Crippen LogP contribution in [-0.4, -0.2) is 52.2 Å². The Morgan fingerprint density at radius 3 is 2.58 bits per heavy atom. The highest BCUT2D eigenvalue weighted by molar-refractivity contribution is 5.97. The van der Waals surface area contributed by atoms with Gasteiger partial charge in [-0.2, -0.15) is 0 Å². The molecule has 0 fully saturated rings. The van der Waals surface area contributed by atoms with Crippen molar-refractivity contribution in [1.82, 2.24) is 10.2 Å². The number of hydrogen-bond acceptors (Lipinski definition) is 3. The van der Waals surface area contributed by atoms with Gasteiger partial charge in [0.1, 0.15) is 5.75 Å². The fraction of sp³-hybridized carbons (Fsp3) is 0.381. The molecule has 1 atom stereocenters. The first-order valence-corrected chi connectivity index (χ1v) is 9.00. The Morgan fingerprint density at radius 2 is 1.92 bits per heavy atom. The molecule has 2 aromatic rings. The zero-order valence-electron chi connectivity index (χ0n) is 16.1. The molecule has 3 rings (SSSR count). The van der Waals surface area contributed by atoms with E-state index in [-0.39, 0.29) is 6.04 Å². The lowest BCUT2D eigenvalue weighted by Gasteiger charge is -2.28. The van der Waals surface area contributed by atoms with Gasteiger partial charge in [-0.15, -0.1) is 0 Å². The summed E-state index contributed by atoms with van der Waals surface area (Å²) < 4.78 is 5.27. The standard InChI is InChI=1S/C21H28N4O/c1-22-21(25-14-13-16-7-5-6-8-19(16)25)23-15-20(24(2)3)17-9-11-18(26-4)12-10-17/h5-12,20H,13-15H2,1-4H3,(H,22,23). The highest BCUT2D eigenvalue weighted by atomic mass is 16.5. The minimum atomic E-state index is 0.246. The second kappa shape index (κ2) is 8.23. The number of para-hydroxylation sites is 1. The van der Waals surface area contributed by atoms with Gasteiger partial charge in [-0.1, -0.05) is 30.3 Å². The summed E-state index contributed by atoms with van der Waals surface area (Å²) in [6.07, 6.45) is 1.06. The van der Waals surface area contributed by atoms with Crippen molar-refractivity contribution in [2.45, 2.75) is 12.5 Å². The third kappa shape index (κ3) is 3.83. The summed E-state index contributed by atoms with van der Waals surface area (Å²) >= 11 is 0. The maximum Gasteiger partial charge on any atom is 0.198 e. The first-order valence-electron chi connectivity index (χ1n) is 9.00. The van der Waals surface area contributed by atoms with Crippen LogP contribution >= 0.6 is 0 Å². The molecule has 1 heterocycles. The number of nitrogens with zero attached hydrogens (tertiary/aromatic N) is 3. The number of anilines is 1. The molecule has 0 aromatic heterocycles. The molecule has 1 N–H and O–H groups in total. The van der Waals surface area contributed by atoms with E-state index in [2.05, 4.69) is 70.6 Å². The summed E-state index contributed by atoms with van der Waals surface area (Å²) in [6.45, 7) is 1.75. The maximum absolute atomic E-state index is 5.27. The molecule has 138 valence electrons. The molecule has 1 aliphatic rings. The highest BCUT2D eigenvalue weighted by Gasteiger charge is 2.23. The van der Waals surface area contributed by atoms with Crippen LogP contribution in [-0.2, 0) is 6.42 Å². The van der Waals surface area contributed by atoms with Crippen molar-refractivity contribution >= 4 is 11.6 Å². The van der Waals surface area contributed by atoms with Crippen LogP contribution in [0.25, 0.3) is 0 Å². The van der Waals surface area contributed by atoms with Crippen molar-refractivity contribution in [2.75, 3.05) is 46.2 Å². The lowest BCUT2D eigenvalue weighted by molar-refractivity contribution is 0.298. The second-order valence-electron chi connectivity index (χ2n) is 6.71. The maximum atomic E-state index is 5.27. The Morgan fingerprint density at radius 1 is 1.19 bits per heavy atom. The average molecular weight is 352 g/mol. The van der Waals surface area contributed by atoms with E-state index in [9.17, 15) is 0 Å². The number of methoxy groups -OCH3 is 1. The van der Waals surface area contributed by atoms with Crippen molar-refractivity contribution in [3.63, 3.8) is 0 Å². The van der Waals surface area contributed by atoms with Crippen LogP contribution in [0.2, 0.25) is 0 Å². The van der Waals surface area contributed by atoms with Crippen molar-refractivity contribution in [2.24, 2.45) is 4.99 Å². The molecule has 0 amide bonds. The zero-order valence-corrected chi connectivity index (χ0v) is 16.1. The van der Waals surface area contributed by atoms with Crippen molar-refractivity contribution in [1.29, 1.82) is 0 Å². The smallest absolute Gasteiger partial charge is 0.198 e. The molecule has 1 unspecified atom stereocenters. The molecule has 0 radical (unpaired) electrons. The van der Waals surface area contributed by atoms with E-state index in [1.165, 1.54) is 16.8 Å². The lowest BCUT2D eigenvalue weighted by atomic mass is 10.1. The van der Waals surface area contributed by atoms with Gasteiger partial charge < -0.3 is 19.9 Å². The molecule has 0 spiro atoms. The third-order valence-corrected chi connectivity index (χ3v) is 4.93. The molecule has 0 saturated carbocycles. The lowest BCUT2D eigenvalue weighted by Crippen LogP contribution is -2.44. The number of benzene rings is 2. The molecule has 5 nitrogen and oxygen atoms in total. The minimum Gasteiger partial charge on any atom is -0.497 e. The summed E-state index contributed by atoms with van der Waals surface area (Å²) in [5, 5.41) is 3.56. The largest absolute Gasteiger partial charge is 0.497 e. The fourth-order valence-electron chi connectivity index (χ4n) is 3.47. The predicted octanol–water partition coefficient (Wildman–Crippen LogP) is 2.94. The zero-order chi connectivity index (χ0) is 18.5. The Labute approximate surface area is 156 Å². The van der Waals surface area contributed by atoms with Crippen LogP contribution in [0.5, 0.6) is 5.75 Å². The van der Waals surface area contributed by atoms with E-state index in [4.69, 9.17) is 4.74 Å². The van der Waals surface area contributed by atoms with Gasteiger partial charge in [0.15, 0.2) is 5.96 Å². The molecule has 0 saturated heterocycles. The molecule has 0 aliphatic carbocycles. The van der Waals surface area contributed by atoms with Gasteiger partial charge in [0.05, 0.1) is 13.2 Å². The SMILES string of the molecule is CN=C(NCC(c1ccc(OC)cc1)N(C)C)N1CCc2ccccc21. The van der Waals surface area contributed by atoms with Crippen LogP contribution < -0.4 is 15.0 Å². The number of aliphatic imine (C=N–C) groups is 1. The predicted molar refractivity (Wildman–Crippen MR) is 108 cm³/mol.